The van der Waals surface area contributed by atoms with Crippen LogP contribution in [0.25, 0.3) is 0 Å². The van der Waals surface area contributed by atoms with Gasteiger partial charge in [0.1, 0.15) is 0 Å². The Morgan fingerprint density at radius 1 is 1.29 bits per heavy atom. The maximum atomic E-state index is 11.9. The summed E-state index contributed by atoms with van der Waals surface area (Å²) >= 11 is 0. The minimum absolute atomic E-state index is 0.0708. The number of fused-ring (bicyclic) bond motifs is 5. The van der Waals surface area contributed by atoms with Crippen molar-refractivity contribution in [3.8, 4) is 0 Å². The van der Waals surface area contributed by atoms with Gasteiger partial charge in [-0.05, 0) is 85.7 Å². The molecule has 152 valence electrons. The van der Waals surface area contributed by atoms with E-state index in [2.05, 4.69) is 33.4 Å². The van der Waals surface area contributed by atoms with Crippen LogP contribution in [0, 0.1) is 40.4 Å². The highest BCUT2D eigenvalue weighted by atomic mass is 16.5. The quantitative estimate of drug-likeness (QED) is 0.491. The number of esters is 1. The molecule has 4 aliphatic rings. The third-order valence-corrected chi connectivity index (χ3v) is 8.97. The molecule has 0 amide bonds. The van der Waals surface area contributed by atoms with Gasteiger partial charge in [-0.15, -0.1) is 0 Å². The van der Waals surface area contributed by atoms with Crippen molar-refractivity contribution in [1.82, 2.24) is 0 Å². The summed E-state index contributed by atoms with van der Waals surface area (Å²) in [4.78, 5) is 23.4. The number of hydrogen-bond donors (Lipinski definition) is 0. The van der Waals surface area contributed by atoms with Crippen molar-refractivity contribution >= 4 is 11.8 Å². The molecular formula is C25H34O3. The molecule has 0 N–H and O–H groups in total. The summed E-state index contributed by atoms with van der Waals surface area (Å²) < 4.78 is 5.39. The molecule has 0 spiro atoms. The Labute approximate surface area is 169 Å². The van der Waals surface area contributed by atoms with Crippen molar-refractivity contribution in [3.05, 3.63) is 36.5 Å². The van der Waals surface area contributed by atoms with Crippen molar-refractivity contribution in [3.63, 3.8) is 0 Å². The molecule has 3 saturated carbocycles. The average molecular weight is 383 g/mol. The van der Waals surface area contributed by atoms with E-state index in [1.54, 1.807) is 6.08 Å². The Bertz CT molecular complexity index is 747. The monoisotopic (exact) mass is 382 g/mol. The number of rotatable bonds is 4. The van der Waals surface area contributed by atoms with Gasteiger partial charge in [0.05, 0.1) is 6.61 Å². The average Bonchev–Trinajstić information content (AvgIpc) is 3.03. The van der Waals surface area contributed by atoms with Crippen molar-refractivity contribution in [2.75, 3.05) is 6.61 Å². The minimum Gasteiger partial charge on any atom is -0.462 e. The van der Waals surface area contributed by atoms with Crippen LogP contribution in [0.1, 0.15) is 59.3 Å². The fourth-order valence-electron chi connectivity index (χ4n) is 7.56. The maximum Gasteiger partial charge on any atom is 0.330 e. The third-order valence-electron chi connectivity index (χ3n) is 8.97. The SMILES string of the molecule is C=CC(=O)OCC(C)[C@H]1CC[C@H]2[C@@H]3CCC4=CC(=O)C=C[C@]4(C)[C@H]3CC[C@]12C. The highest BCUT2D eigenvalue weighted by Gasteiger charge is 2.59. The highest BCUT2D eigenvalue weighted by Crippen LogP contribution is 2.66. The van der Waals surface area contributed by atoms with E-state index in [-0.39, 0.29) is 17.2 Å². The highest BCUT2D eigenvalue weighted by molar-refractivity contribution is 6.01. The molecule has 3 nitrogen and oxygen atoms in total. The van der Waals surface area contributed by atoms with Crippen LogP contribution < -0.4 is 0 Å². The first-order valence-corrected chi connectivity index (χ1v) is 11.0. The number of allylic oxidation sites excluding steroid dienone is 4. The van der Waals surface area contributed by atoms with E-state index in [0.29, 0.717) is 29.8 Å². The largest absolute Gasteiger partial charge is 0.462 e. The lowest BCUT2D eigenvalue weighted by Crippen LogP contribution is -2.50. The molecule has 0 aliphatic heterocycles. The number of carbonyl (C=O) groups excluding carboxylic acids is 2. The lowest BCUT2D eigenvalue weighted by Gasteiger charge is -2.57. The molecule has 3 heteroatoms. The fourth-order valence-corrected chi connectivity index (χ4v) is 7.56. The Hall–Kier alpha value is -1.64. The van der Waals surface area contributed by atoms with Crippen LogP contribution in [0.4, 0.5) is 0 Å². The minimum atomic E-state index is -0.312. The lowest BCUT2D eigenvalue weighted by molar-refractivity contribution is -0.140. The van der Waals surface area contributed by atoms with Crippen LogP contribution in [0.2, 0.25) is 0 Å². The first-order valence-electron chi connectivity index (χ1n) is 11.0. The van der Waals surface area contributed by atoms with Crippen molar-refractivity contribution in [2.45, 2.75) is 59.3 Å². The van der Waals surface area contributed by atoms with Gasteiger partial charge in [-0.3, -0.25) is 4.79 Å². The standard InChI is InChI=1S/C25H34O3/c1-5-23(27)28-15-16(2)20-8-9-21-19-7-6-17-14-18(26)10-12-24(17,3)22(19)11-13-25(20,21)4/h5,10,12,14,16,19-22H,1,6-9,11,13,15H2,2-4H3/t16?,19-,20+,21-,22-,24-,25+/m0/s1. The van der Waals surface area contributed by atoms with E-state index in [1.165, 1.54) is 43.8 Å². The van der Waals surface area contributed by atoms with Gasteiger partial charge in [0.15, 0.2) is 5.78 Å². The van der Waals surface area contributed by atoms with Crippen LogP contribution in [-0.2, 0) is 14.3 Å². The molecule has 0 aromatic rings. The molecule has 4 rings (SSSR count). The van der Waals surface area contributed by atoms with Crippen molar-refractivity contribution < 1.29 is 14.3 Å². The zero-order chi connectivity index (χ0) is 20.1. The first kappa shape index (κ1) is 19.7. The fraction of sp³-hybridized carbons (Fsp3) is 0.680. The zero-order valence-electron chi connectivity index (χ0n) is 17.6. The zero-order valence-corrected chi connectivity index (χ0v) is 17.6. The van der Waals surface area contributed by atoms with E-state index in [1.807, 2.05) is 6.08 Å². The lowest BCUT2D eigenvalue weighted by atomic mass is 9.47. The van der Waals surface area contributed by atoms with E-state index in [0.717, 1.165) is 18.3 Å². The Morgan fingerprint density at radius 2 is 2.07 bits per heavy atom. The van der Waals surface area contributed by atoms with Gasteiger partial charge in [-0.1, -0.05) is 39.0 Å². The molecule has 1 unspecified atom stereocenters. The summed E-state index contributed by atoms with van der Waals surface area (Å²) in [7, 11) is 0. The molecular weight excluding hydrogens is 348 g/mol. The van der Waals surface area contributed by atoms with Crippen LogP contribution in [0.5, 0.6) is 0 Å². The van der Waals surface area contributed by atoms with E-state index in [4.69, 9.17) is 4.74 Å². The predicted octanol–water partition coefficient (Wildman–Crippen LogP) is 5.28. The van der Waals surface area contributed by atoms with E-state index in [9.17, 15) is 9.59 Å². The molecule has 28 heavy (non-hydrogen) atoms. The Kier molecular flexibility index (Phi) is 4.92. The molecule has 0 heterocycles. The van der Waals surface area contributed by atoms with Gasteiger partial charge in [-0.25, -0.2) is 4.79 Å². The number of ketones is 1. The van der Waals surface area contributed by atoms with Gasteiger partial charge in [0.25, 0.3) is 0 Å². The predicted molar refractivity (Wildman–Crippen MR) is 110 cm³/mol. The van der Waals surface area contributed by atoms with Gasteiger partial charge in [-0.2, -0.15) is 0 Å². The number of hydrogen-bond acceptors (Lipinski definition) is 3. The number of carbonyl (C=O) groups is 2. The molecule has 7 atom stereocenters. The Morgan fingerprint density at radius 3 is 2.82 bits per heavy atom. The van der Waals surface area contributed by atoms with E-state index >= 15 is 0 Å². The van der Waals surface area contributed by atoms with Crippen molar-refractivity contribution in [1.29, 1.82) is 0 Å². The molecule has 4 aliphatic carbocycles. The second-order valence-corrected chi connectivity index (χ2v) is 10.1. The van der Waals surface area contributed by atoms with Crippen LogP contribution in [0.3, 0.4) is 0 Å². The summed E-state index contributed by atoms with van der Waals surface area (Å²) in [6.45, 7) is 11.1. The second-order valence-electron chi connectivity index (χ2n) is 10.1. The molecule has 0 bridgehead atoms. The smallest absolute Gasteiger partial charge is 0.330 e. The van der Waals surface area contributed by atoms with Gasteiger partial charge in [0.2, 0.25) is 0 Å². The summed E-state index contributed by atoms with van der Waals surface area (Å²) in [6.07, 6.45) is 14.5. The topological polar surface area (TPSA) is 43.4 Å². The van der Waals surface area contributed by atoms with E-state index < -0.39 is 0 Å². The maximum absolute atomic E-state index is 11.9. The summed E-state index contributed by atoms with van der Waals surface area (Å²) in [6, 6.07) is 0. The summed E-state index contributed by atoms with van der Waals surface area (Å²) in [5, 5.41) is 0. The molecule has 3 fully saturated rings. The molecule has 0 saturated heterocycles. The molecule has 0 radical (unpaired) electrons. The van der Waals surface area contributed by atoms with Gasteiger partial charge >= 0.3 is 5.97 Å². The molecule has 0 aromatic heterocycles. The summed E-state index contributed by atoms with van der Waals surface area (Å²) in [5.74, 6) is 3.00. The number of ether oxygens (including phenoxy) is 1. The van der Waals surface area contributed by atoms with Crippen LogP contribution in [0.15, 0.2) is 36.5 Å². The second kappa shape index (κ2) is 7.00. The van der Waals surface area contributed by atoms with Crippen LogP contribution in [-0.4, -0.2) is 18.4 Å². The molecule has 0 aromatic carbocycles. The summed E-state index contributed by atoms with van der Waals surface area (Å²) in [5.41, 5.74) is 1.78. The van der Waals surface area contributed by atoms with Crippen LogP contribution >= 0.6 is 0 Å². The van der Waals surface area contributed by atoms with Gasteiger partial charge < -0.3 is 4.74 Å². The normalized spacial score (nSPS) is 42.7. The van der Waals surface area contributed by atoms with Gasteiger partial charge in [0, 0.05) is 11.5 Å². The van der Waals surface area contributed by atoms with Crippen molar-refractivity contribution in [2.24, 2.45) is 40.4 Å². The third kappa shape index (κ3) is 2.93. The Balaban J connectivity index is 1.53. The first-order chi connectivity index (χ1) is 13.3.